The van der Waals surface area contributed by atoms with Gasteiger partial charge in [0.05, 0.1) is 17.2 Å². The van der Waals surface area contributed by atoms with Crippen LogP contribution < -0.4 is 0 Å². The number of methoxy groups -OCH3 is 1. The normalized spacial score (nSPS) is 10.6. The molecule has 1 aromatic carbocycles. The molecule has 0 aliphatic rings. The minimum absolute atomic E-state index is 0.0454. The van der Waals surface area contributed by atoms with E-state index in [2.05, 4.69) is 4.74 Å². The summed E-state index contributed by atoms with van der Waals surface area (Å²) in [5.74, 6) is -0.552. The predicted molar refractivity (Wildman–Crippen MR) is 83.6 cm³/mol. The maximum Gasteiger partial charge on any atom is 0.325 e. The van der Waals surface area contributed by atoms with Crippen molar-refractivity contribution in [3.05, 3.63) is 33.8 Å². The van der Waals surface area contributed by atoms with Gasteiger partial charge in [-0.1, -0.05) is 35.3 Å². The molecular weight excluding hydrogens is 313 g/mol. The molecule has 0 unspecified atom stereocenters. The van der Waals surface area contributed by atoms with Crippen LogP contribution in [0.1, 0.15) is 25.8 Å². The van der Waals surface area contributed by atoms with Gasteiger partial charge in [0.15, 0.2) is 0 Å². The number of rotatable bonds is 6. The number of benzene rings is 1. The second kappa shape index (κ2) is 8.25. The standard InChI is InChI=1S/C15H19Cl2NO3/c1-10(2)18(9-14(20)21-3)13(19)8-7-11-5-4-6-12(16)15(11)17/h4-6,10H,7-9H2,1-3H3. The van der Waals surface area contributed by atoms with Gasteiger partial charge in [0.2, 0.25) is 5.91 Å². The van der Waals surface area contributed by atoms with Crippen LogP contribution in [0.3, 0.4) is 0 Å². The third kappa shape index (κ3) is 5.21. The summed E-state index contributed by atoms with van der Waals surface area (Å²) in [6.07, 6.45) is 0.734. The fourth-order valence-corrected chi connectivity index (χ4v) is 2.30. The third-order valence-corrected chi connectivity index (χ3v) is 3.97. The zero-order valence-electron chi connectivity index (χ0n) is 12.4. The van der Waals surface area contributed by atoms with Crippen LogP contribution in [0.15, 0.2) is 18.2 Å². The number of halogens is 2. The molecule has 0 aromatic heterocycles. The number of hydrogen-bond donors (Lipinski definition) is 0. The molecular formula is C15H19Cl2NO3. The van der Waals surface area contributed by atoms with Crippen molar-refractivity contribution in [3.63, 3.8) is 0 Å². The first-order valence-electron chi connectivity index (χ1n) is 6.66. The van der Waals surface area contributed by atoms with Gasteiger partial charge in [-0.2, -0.15) is 0 Å². The Hall–Kier alpha value is -1.26. The Kier molecular flexibility index (Phi) is 6.99. The molecule has 0 fully saturated rings. The van der Waals surface area contributed by atoms with Crippen molar-refractivity contribution < 1.29 is 14.3 Å². The van der Waals surface area contributed by atoms with E-state index in [9.17, 15) is 9.59 Å². The lowest BCUT2D eigenvalue weighted by Crippen LogP contribution is -2.41. The summed E-state index contributed by atoms with van der Waals surface area (Å²) in [5, 5.41) is 0.938. The van der Waals surface area contributed by atoms with Crippen molar-refractivity contribution in [2.75, 3.05) is 13.7 Å². The minimum Gasteiger partial charge on any atom is -0.468 e. The predicted octanol–water partition coefficient (Wildman–Crippen LogP) is 3.34. The SMILES string of the molecule is COC(=O)CN(C(=O)CCc1cccc(Cl)c1Cl)C(C)C. The maximum absolute atomic E-state index is 12.2. The van der Waals surface area contributed by atoms with Gasteiger partial charge in [-0.05, 0) is 31.9 Å². The molecule has 4 nitrogen and oxygen atoms in total. The van der Waals surface area contributed by atoms with Gasteiger partial charge in [0, 0.05) is 12.5 Å². The first-order valence-corrected chi connectivity index (χ1v) is 7.41. The molecule has 116 valence electrons. The summed E-state index contributed by atoms with van der Waals surface area (Å²) in [6.45, 7) is 3.66. The van der Waals surface area contributed by atoms with Gasteiger partial charge >= 0.3 is 5.97 Å². The first kappa shape index (κ1) is 17.8. The lowest BCUT2D eigenvalue weighted by atomic mass is 10.1. The Morgan fingerprint density at radius 3 is 2.52 bits per heavy atom. The smallest absolute Gasteiger partial charge is 0.325 e. The fourth-order valence-electron chi connectivity index (χ4n) is 1.89. The molecule has 0 bridgehead atoms. The molecule has 0 saturated carbocycles. The van der Waals surface area contributed by atoms with Crippen molar-refractivity contribution in [1.29, 1.82) is 0 Å². The van der Waals surface area contributed by atoms with Crippen molar-refractivity contribution in [3.8, 4) is 0 Å². The molecule has 0 N–H and O–H groups in total. The Morgan fingerprint density at radius 2 is 1.95 bits per heavy atom. The van der Waals surface area contributed by atoms with E-state index in [1.807, 2.05) is 19.9 Å². The minimum atomic E-state index is -0.433. The number of ether oxygens (including phenoxy) is 1. The third-order valence-electron chi connectivity index (χ3n) is 3.11. The topological polar surface area (TPSA) is 46.6 Å². The summed E-state index contributed by atoms with van der Waals surface area (Å²) in [6, 6.07) is 5.25. The van der Waals surface area contributed by atoms with Crippen LogP contribution in [0.4, 0.5) is 0 Å². The second-order valence-corrected chi connectivity index (χ2v) is 5.69. The fraction of sp³-hybridized carbons (Fsp3) is 0.467. The number of carbonyl (C=O) groups excluding carboxylic acids is 2. The zero-order chi connectivity index (χ0) is 16.0. The highest BCUT2D eigenvalue weighted by Crippen LogP contribution is 2.26. The van der Waals surface area contributed by atoms with Crippen LogP contribution in [0.25, 0.3) is 0 Å². The number of nitrogens with zero attached hydrogens (tertiary/aromatic N) is 1. The van der Waals surface area contributed by atoms with E-state index < -0.39 is 5.97 Å². The largest absolute Gasteiger partial charge is 0.468 e. The van der Waals surface area contributed by atoms with Crippen LogP contribution in [0.5, 0.6) is 0 Å². The lowest BCUT2D eigenvalue weighted by molar-refractivity contribution is -0.148. The summed E-state index contributed by atoms with van der Waals surface area (Å²) >= 11 is 12.0. The van der Waals surface area contributed by atoms with Crippen LogP contribution in [0, 0.1) is 0 Å². The van der Waals surface area contributed by atoms with Crippen molar-refractivity contribution in [2.24, 2.45) is 0 Å². The van der Waals surface area contributed by atoms with Crippen molar-refractivity contribution in [1.82, 2.24) is 4.90 Å². The quantitative estimate of drug-likeness (QED) is 0.751. The van der Waals surface area contributed by atoms with Crippen LogP contribution >= 0.6 is 23.2 Å². The molecule has 0 aliphatic carbocycles. The zero-order valence-corrected chi connectivity index (χ0v) is 13.9. The Bertz CT molecular complexity index is 518. The van der Waals surface area contributed by atoms with Gasteiger partial charge < -0.3 is 9.64 Å². The molecule has 1 amide bonds. The molecule has 0 radical (unpaired) electrons. The maximum atomic E-state index is 12.2. The van der Waals surface area contributed by atoms with Gasteiger partial charge in [0.25, 0.3) is 0 Å². The molecule has 6 heteroatoms. The van der Waals surface area contributed by atoms with Gasteiger partial charge in [0.1, 0.15) is 6.54 Å². The summed E-state index contributed by atoms with van der Waals surface area (Å²) in [7, 11) is 1.30. The molecule has 0 aliphatic heterocycles. The average molecular weight is 332 g/mol. The van der Waals surface area contributed by atoms with Crippen molar-refractivity contribution in [2.45, 2.75) is 32.7 Å². The Morgan fingerprint density at radius 1 is 1.29 bits per heavy atom. The molecule has 21 heavy (non-hydrogen) atoms. The van der Waals surface area contributed by atoms with E-state index in [0.717, 1.165) is 5.56 Å². The van der Waals surface area contributed by atoms with Gasteiger partial charge in [-0.15, -0.1) is 0 Å². The molecule has 1 aromatic rings. The number of amides is 1. The number of esters is 1. The van der Waals surface area contributed by atoms with E-state index in [0.29, 0.717) is 16.5 Å². The summed E-state index contributed by atoms with van der Waals surface area (Å²) < 4.78 is 4.61. The van der Waals surface area contributed by atoms with Crippen LogP contribution in [-0.4, -0.2) is 36.5 Å². The Balaban J connectivity index is 2.69. The molecule has 0 spiro atoms. The van der Waals surface area contributed by atoms with Gasteiger partial charge in [-0.3, -0.25) is 9.59 Å². The second-order valence-electron chi connectivity index (χ2n) is 4.90. The highest BCUT2D eigenvalue weighted by atomic mass is 35.5. The first-order chi connectivity index (χ1) is 9.86. The summed E-state index contributed by atoms with van der Waals surface area (Å²) in [5.41, 5.74) is 0.819. The van der Waals surface area contributed by atoms with E-state index in [-0.39, 0.29) is 24.9 Å². The van der Waals surface area contributed by atoms with E-state index in [4.69, 9.17) is 23.2 Å². The van der Waals surface area contributed by atoms with Crippen LogP contribution in [0.2, 0.25) is 10.0 Å². The summed E-state index contributed by atoms with van der Waals surface area (Å²) in [4.78, 5) is 25.1. The monoisotopic (exact) mass is 331 g/mol. The van der Waals surface area contributed by atoms with Crippen molar-refractivity contribution >= 4 is 35.1 Å². The number of carbonyl (C=O) groups is 2. The van der Waals surface area contributed by atoms with Crippen LogP contribution in [-0.2, 0) is 20.7 Å². The highest BCUT2D eigenvalue weighted by Gasteiger charge is 2.20. The average Bonchev–Trinajstić information content (AvgIpc) is 2.45. The Labute approximate surface area is 135 Å². The van der Waals surface area contributed by atoms with E-state index >= 15 is 0 Å². The lowest BCUT2D eigenvalue weighted by Gasteiger charge is -2.25. The molecule has 0 saturated heterocycles. The number of aryl methyl sites for hydroxylation is 1. The molecule has 1 rings (SSSR count). The van der Waals surface area contributed by atoms with Gasteiger partial charge in [-0.25, -0.2) is 0 Å². The van der Waals surface area contributed by atoms with E-state index in [1.54, 1.807) is 12.1 Å². The van der Waals surface area contributed by atoms with E-state index in [1.165, 1.54) is 12.0 Å². The molecule has 0 atom stereocenters. The number of hydrogen-bond acceptors (Lipinski definition) is 3. The highest BCUT2D eigenvalue weighted by molar-refractivity contribution is 6.42. The molecule has 0 heterocycles.